The van der Waals surface area contributed by atoms with Crippen molar-refractivity contribution in [2.75, 3.05) is 20.3 Å². The largest absolute Gasteiger partial charge is 0.497 e. The maximum Gasteiger partial charge on any atom is 0.184 e. The summed E-state index contributed by atoms with van der Waals surface area (Å²) in [6.07, 6.45) is 0. The molecule has 0 aliphatic heterocycles. The van der Waals surface area contributed by atoms with Crippen molar-refractivity contribution in [1.82, 2.24) is 5.32 Å². The standard InChI is InChI=1S/C17H19NO3/c1-21-15-9-7-14(8-10-15)17(20)16(18-11-12-19)13-5-3-2-4-6-13/h2-10,16,18-19H,11-12H2,1H3. The van der Waals surface area contributed by atoms with E-state index in [0.717, 1.165) is 5.56 Å². The van der Waals surface area contributed by atoms with E-state index in [1.165, 1.54) is 0 Å². The molecule has 0 saturated carbocycles. The Morgan fingerprint density at radius 1 is 1.14 bits per heavy atom. The number of ketones is 1. The van der Waals surface area contributed by atoms with Crippen molar-refractivity contribution >= 4 is 5.78 Å². The second-order valence-corrected chi connectivity index (χ2v) is 4.61. The molecular weight excluding hydrogens is 266 g/mol. The van der Waals surface area contributed by atoms with Crippen LogP contribution in [0.15, 0.2) is 54.6 Å². The lowest BCUT2D eigenvalue weighted by atomic mass is 9.97. The van der Waals surface area contributed by atoms with E-state index in [1.54, 1.807) is 31.4 Å². The molecule has 0 aromatic heterocycles. The quantitative estimate of drug-likeness (QED) is 0.766. The normalized spacial score (nSPS) is 11.9. The van der Waals surface area contributed by atoms with Gasteiger partial charge in [0.15, 0.2) is 5.78 Å². The second-order valence-electron chi connectivity index (χ2n) is 4.61. The Labute approximate surface area is 124 Å². The van der Waals surface area contributed by atoms with Gasteiger partial charge in [-0.3, -0.25) is 4.79 Å². The van der Waals surface area contributed by atoms with Crippen molar-refractivity contribution in [3.05, 3.63) is 65.7 Å². The van der Waals surface area contributed by atoms with Gasteiger partial charge in [0.25, 0.3) is 0 Å². The first-order chi connectivity index (χ1) is 10.3. The van der Waals surface area contributed by atoms with Gasteiger partial charge in [-0.05, 0) is 29.8 Å². The van der Waals surface area contributed by atoms with E-state index in [9.17, 15) is 4.79 Å². The Bertz CT molecular complexity index is 566. The van der Waals surface area contributed by atoms with Gasteiger partial charge < -0.3 is 15.2 Å². The highest BCUT2D eigenvalue weighted by atomic mass is 16.5. The predicted molar refractivity (Wildman–Crippen MR) is 81.6 cm³/mol. The summed E-state index contributed by atoms with van der Waals surface area (Å²) in [5, 5.41) is 12.1. The number of rotatable bonds is 7. The lowest BCUT2D eigenvalue weighted by Crippen LogP contribution is -2.31. The van der Waals surface area contributed by atoms with Crippen LogP contribution in [0.2, 0.25) is 0 Å². The van der Waals surface area contributed by atoms with Gasteiger partial charge in [0, 0.05) is 12.1 Å². The van der Waals surface area contributed by atoms with Gasteiger partial charge in [-0.25, -0.2) is 0 Å². The number of benzene rings is 2. The van der Waals surface area contributed by atoms with Gasteiger partial charge in [0.05, 0.1) is 19.8 Å². The lowest BCUT2D eigenvalue weighted by Gasteiger charge is -2.18. The molecule has 2 rings (SSSR count). The molecule has 1 unspecified atom stereocenters. The average molecular weight is 285 g/mol. The first-order valence-corrected chi connectivity index (χ1v) is 6.83. The van der Waals surface area contributed by atoms with E-state index >= 15 is 0 Å². The number of carbonyl (C=O) groups is 1. The summed E-state index contributed by atoms with van der Waals surface area (Å²) in [6.45, 7) is 0.348. The molecule has 2 N–H and O–H groups in total. The highest BCUT2D eigenvalue weighted by Gasteiger charge is 2.21. The van der Waals surface area contributed by atoms with Gasteiger partial charge in [-0.15, -0.1) is 0 Å². The summed E-state index contributed by atoms with van der Waals surface area (Å²) in [4.78, 5) is 12.7. The van der Waals surface area contributed by atoms with Crippen LogP contribution in [-0.4, -0.2) is 31.2 Å². The van der Waals surface area contributed by atoms with Crippen LogP contribution in [0, 0.1) is 0 Å². The van der Waals surface area contributed by atoms with Crippen LogP contribution in [0.25, 0.3) is 0 Å². The number of ether oxygens (including phenoxy) is 1. The Morgan fingerprint density at radius 2 is 1.81 bits per heavy atom. The molecule has 0 aliphatic carbocycles. The minimum absolute atomic E-state index is 0.0147. The second kappa shape index (κ2) is 7.57. The molecular formula is C17H19NO3. The van der Waals surface area contributed by atoms with Crippen LogP contribution in [0.1, 0.15) is 22.0 Å². The van der Waals surface area contributed by atoms with E-state index in [0.29, 0.717) is 17.9 Å². The number of Topliss-reactive ketones (excluding diaryl/α,β-unsaturated/α-hetero) is 1. The van der Waals surface area contributed by atoms with Crippen molar-refractivity contribution < 1.29 is 14.6 Å². The average Bonchev–Trinajstić information content (AvgIpc) is 2.56. The van der Waals surface area contributed by atoms with E-state index in [2.05, 4.69) is 5.32 Å². The number of aliphatic hydroxyl groups is 1. The highest BCUT2D eigenvalue weighted by molar-refractivity contribution is 6.00. The molecule has 0 bridgehead atoms. The molecule has 4 nitrogen and oxygen atoms in total. The van der Waals surface area contributed by atoms with Crippen molar-refractivity contribution in [2.45, 2.75) is 6.04 Å². The molecule has 0 aliphatic rings. The number of aliphatic hydroxyl groups excluding tert-OH is 1. The fourth-order valence-electron chi connectivity index (χ4n) is 2.14. The first-order valence-electron chi connectivity index (χ1n) is 6.83. The zero-order valence-electron chi connectivity index (χ0n) is 12.0. The fourth-order valence-corrected chi connectivity index (χ4v) is 2.14. The van der Waals surface area contributed by atoms with Crippen molar-refractivity contribution in [2.24, 2.45) is 0 Å². The molecule has 4 heteroatoms. The molecule has 0 fully saturated rings. The van der Waals surface area contributed by atoms with E-state index in [4.69, 9.17) is 9.84 Å². The maximum atomic E-state index is 12.7. The van der Waals surface area contributed by atoms with Gasteiger partial charge in [-0.2, -0.15) is 0 Å². The molecule has 0 saturated heterocycles. The van der Waals surface area contributed by atoms with Crippen LogP contribution >= 0.6 is 0 Å². The van der Waals surface area contributed by atoms with Crippen molar-refractivity contribution in [3.8, 4) is 5.75 Å². The molecule has 0 heterocycles. The summed E-state index contributed by atoms with van der Waals surface area (Å²) >= 11 is 0. The third kappa shape index (κ3) is 3.90. The molecule has 1 atom stereocenters. The Kier molecular flexibility index (Phi) is 5.49. The van der Waals surface area contributed by atoms with Crippen molar-refractivity contribution in [1.29, 1.82) is 0 Å². The topological polar surface area (TPSA) is 58.6 Å². The van der Waals surface area contributed by atoms with E-state index in [1.807, 2.05) is 30.3 Å². The monoisotopic (exact) mass is 285 g/mol. The number of hydrogen-bond acceptors (Lipinski definition) is 4. The predicted octanol–water partition coefficient (Wildman–Crippen LogP) is 2.20. The van der Waals surface area contributed by atoms with Crippen LogP contribution in [0.5, 0.6) is 5.75 Å². The van der Waals surface area contributed by atoms with Crippen LogP contribution < -0.4 is 10.1 Å². The fraction of sp³-hybridized carbons (Fsp3) is 0.235. The van der Waals surface area contributed by atoms with E-state index in [-0.39, 0.29) is 12.4 Å². The van der Waals surface area contributed by atoms with Gasteiger partial charge in [0.2, 0.25) is 0 Å². The Morgan fingerprint density at radius 3 is 2.38 bits per heavy atom. The molecule has 0 spiro atoms. The lowest BCUT2D eigenvalue weighted by molar-refractivity contribution is 0.0940. The SMILES string of the molecule is COc1ccc(C(=O)C(NCCO)c2ccccc2)cc1. The Hall–Kier alpha value is -2.17. The summed E-state index contributed by atoms with van der Waals surface area (Å²) < 4.78 is 5.10. The van der Waals surface area contributed by atoms with Crippen LogP contribution in [0.3, 0.4) is 0 Å². The first kappa shape index (κ1) is 15.2. The Balaban J connectivity index is 2.24. The molecule has 0 radical (unpaired) electrons. The number of methoxy groups -OCH3 is 1. The number of hydrogen-bond donors (Lipinski definition) is 2. The molecule has 2 aromatic carbocycles. The van der Waals surface area contributed by atoms with Gasteiger partial charge in [-0.1, -0.05) is 30.3 Å². The summed E-state index contributed by atoms with van der Waals surface area (Å²) in [5.41, 5.74) is 1.49. The molecule has 0 amide bonds. The summed E-state index contributed by atoms with van der Waals surface area (Å²) in [6, 6.07) is 16.1. The van der Waals surface area contributed by atoms with Gasteiger partial charge >= 0.3 is 0 Å². The van der Waals surface area contributed by atoms with Crippen LogP contribution in [0.4, 0.5) is 0 Å². The van der Waals surface area contributed by atoms with Crippen molar-refractivity contribution in [3.63, 3.8) is 0 Å². The smallest absolute Gasteiger partial charge is 0.184 e. The minimum Gasteiger partial charge on any atom is -0.497 e. The van der Waals surface area contributed by atoms with Gasteiger partial charge in [0.1, 0.15) is 5.75 Å². The zero-order chi connectivity index (χ0) is 15.1. The molecule has 21 heavy (non-hydrogen) atoms. The molecule has 110 valence electrons. The third-order valence-electron chi connectivity index (χ3n) is 3.23. The molecule has 2 aromatic rings. The maximum absolute atomic E-state index is 12.7. The third-order valence-corrected chi connectivity index (χ3v) is 3.23. The summed E-state index contributed by atoms with van der Waals surface area (Å²) in [7, 11) is 1.59. The highest BCUT2D eigenvalue weighted by Crippen LogP contribution is 2.20. The van der Waals surface area contributed by atoms with Crippen LogP contribution in [-0.2, 0) is 0 Å². The van der Waals surface area contributed by atoms with E-state index < -0.39 is 6.04 Å². The zero-order valence-corrected chi connectivity index (χ0v) is 12.0. The minimum atomic E-state index is -0.466. The summed E-state index contributed by atoms with van der Waals surface area (Å²) in [5.74, 6) is 0.684. The number of nitrogens with one attached hydrogen (secondary N) is 1. The number of carbonyl (C=O) groups excluding carboxylic acids is 1.